The molecule has 0 saturated heterocycles. The number of nitrogens with zero attached hydrogens (tertiary/aromatic N) is 2. The summed E-state index contributed by atoms with van der Waals surface area (Å²) in [7, 11) is 1.59. The van der Waals surface area contributed by atoms with E-state index >= 15 is 0 Å². The second-order valence-electron chi connectivity index (χ2n) is 6.95. The van der Waals surface area contributed by atoms with E-state index < -0.39 is 18.5 Å². The molecule has 2 aromatic carbocycles. The number of amides is 2. The lowest BCUT2D eigenvalue weighted by Crippen LogP contribution is -2.30. The van der Waals surface area contributed by atoms with Gasteiger partial charge in [-0.05, 0) is 56.3 Å². The van der Waals surface area contributed by atoms with E-state index in [-0.39, 0.29) is 11.6 Å². The molecule has 1 heterocycles. The molecule has 0 saturated carbocycles. The van der Waals surface area contributed by atoms with Crippen molar-refractivity contribution in [3.63, 3.8) is 0 Å². The van der Waals surface area contributed by atoms with E-state index in [2.05, 4.69) is 10.3 Å². The van der Waals surface area contributed by atoms with Crippen molar-refractivity contribution < 1.29 is 23.9 Å². The first kappa shape index (κ1) is 23.9. The molecule has 1 N–H and O–H groups in total. The summed E-state index contributed by atoms with van der Waals surface area (Å²) >= 11 is 1.30. The van der Waals surface area contributed by atoms with E-state index in [1.165, 1.54) is 11.3 Å². The lowest BCUT2D eigenvalue weighted by atomic mass is 10.1. The molecular weight excluding hydrogens is 442 g/mol. The van der Waals surface area contributed by atoms with Crippen molar-refractivity contribution in [1.29, 1.82) is 0 Å². The molecule has 0 aliphatic carbocycles. The molecule has 0 aliphatic heterocycles. The molecule has 0 bridgehead atoms. The number of ether oxygens (including phenoxy) is 2. The molecular formula is C24H25N3O5S. The Morgan fingerprint density at radius 3 is 2.45 bits per heavy atom. The van der Waals surface area contributed by atoms with Crippen LogP contribution in [0.3, 0.4) is 0 Å². The predicted octanol–water partition coefficient (Wildman–Crippen LogP) is 4.10. The summed E-state index contributed by atoms with van der Waals surface area (Å²) in [6.45, 7) is 4.53. The number of rotatable bonds is 9. The van der Waals surface area contributed by atoms with Gasteiger partial charge in [0.1, 0.15) is 10.8 Å². The van der Waals surface area contributed by atoms with Crippen LogP contribution in [0.4, 0.5) is 5.69 Å². The molecule has 0 fully saturated rings. The van der Waals surface area contributed by atoms with Gasteiger partial charge in [-0.25, -0.2) is 9.78 Å². The van der Waals surface area contributed by atoms with E-state index in [0.29, 0.717) is 29.3 Å². The van der Waals surface area contributed by atoms with Crippen LogP contribution in [0.2, 0.25) is 0 Å². The quantitative estimate of drug-likeness (QED) is 0.476. The van der Waals surface area contributed by atoms with Crippen LogP contribution in [-0.2, 0) is 9.53 Å². The molecule has 0 spiro atoms. The zero-order valence-electron chi connectivity index (χ0n) is 18.7. The number of thiazole rings is 1. The van der Waals surface area contributed by atoms with Crippen molar-refractivity contribution in [3.8, 4) is 16.3 Å². The molecule has 0 unspecified atom stereocenters. The highest BCUT2D eigenvalue weighted by molar-refractivity contribution is 7.13. The number of esters is 1. The summed E-state index contributed by atoms with van der Waals surface area (Å²) in [6.07, 6.45) is 0. The van der Waals surface area contributed by atoms with E-state index in [0.717, 1.165) is 11.3 Å². The van der Waals surface area contributed by atoms with Crippen LogP contribution in [-0.4, -0.2) is 54.5 Å². The van der Waals surface area contributed by atoms with Crippen LogP contribution in [0.5, 0.6) is 5.75 Å². The highest BCUT2D eigenvalue weighted by Crippen LogP contribution is 2.26. The van der Waals surface area contributed by atoms with Crippen molar-refractivity contribution in [2.75, 3.05) is 32.1 Å². The van der Waals surface area contributed by atoms with Crippen LogP contribution in [0.25, 0.3) is 10.6 Å². The lowest BCUT2D eigenvalue weighted by Gasteiger charge is -2.19. The Bertz CT molecular complexity index is 1120. The SMILES string of the molecule is CCN(CC)C(=O)c1cccc(NC(=O)COC(=O)c2csc(-c3ccc(OC)cc3)n2)c1. The molecule has 8 nitrogen and oxygen atoms in total. The smallest absolute Gasteiger partial charge is 0.358 e. The van der Waals surface area contributed by atoms with Crippen molar-refractivity contribution in [3.05, 3.63) is 65.2 Å². The Morgan fingerprint density at radius 1 is 1.06 bits per heavy atom. The van der Waals surface area contributed by atoms with Gasteiger partial charge >= 0.3 is 5.97 Å². The number of carbonyl (C=O) groups is 3. The fraction of sp³-hybridized carbons (Fsp3) is 0.250. The second kappa shape index (κ2) is 11.2. The monoisotopic (exact) mass is 467 g/mol. The number of benzene rings is 2. The van der Waals surface area contributed by atoms with Crippen molar-refractivity contribution in [2.45, 2.75) is 13.8 Å². The Kier molecular flexibility index (Phi) is 8.15. The zero-order valence-corrected chi connectivity index (χ0v) is 19.5. The van der Waals surface area contributed by atoms with Crippen molar-refractivity contribution in [2.24, 2.45) is 0 Å². The number of carbonyl (C=O) groups excluding carboxylic acids is 3. The number of nitrogens with one attached hydrogen (secondary N) is 1. The molecule has 2 amide bonds. The van der Waals surface area contributed by atoms with Crippen LogP contribution < -0.4 is 10.1 Å². The lowest BCUT2D eigenvalue weighted by molar-refractivity contribution is -0.119. The zero-order chi connectivity index (χ0) is 23.8. The van der Waals surface area contributed by atoms with Crippen molar-refractivity contribution in [1.82, 2.24) is 9.88 Å². The van der Waals surface area contributed by atoms with Crippen molar-refractivity contribution >= 4 is 34.8 Å². The molecule has 3 rings (SSSR count). The Balaban J connectivity index is 1.56. The van der Waals surface area contributed by atoms with Gasteiger partial charge in [0, 0.05) is 35.3 Å². The number of hydrogen-bond donors (Lipinski definition) is 1. The fourth-order valence-electron chi connectivity index (χ4n) is 3.06. The van der Waals surface area contributed by atoms with Gasteiger partial charge in [-0.3, -0.25) is 9.59 Å². The van der Waals surface area contributed by atoms with Gasteiger partial charge in [0.25, 0.3) is 11.8 Å². The van der Waals surface area contributed by atoms with Gasteiger partial charge < -0.3 is 19.7 Å². The number of aromatic nitrogens is 1. The van der Waals surface area contributed by atoms with Gasteiger partial charge in [-0.2, -0.15) is 0 Å². The molecule has 172 valence electrons. The molecule has 33 heavy (non-hydrogen) atoms. The van der Waals surface area contributed by atoms with Crippen LogP contribution >= 0.6 is 11.3 Å². The van der Waals surface area contributed by atoms with E-state index in [9.17, 15) is 14.4 Å². The maximum atomic E-state index is 12.5. The predicted molar refractivity (Wildman–Crippen MR) is 127 cm³/mol. The topological polar surface area (TPSA) is 97.8 Å². The summed E-state index contributed by atoms with van der Waals surface area (Å²) in [5, 5.41) is 4.89. The first-order valence-electron chi connectivity index (χ1n) is 10.4. The average Bonchev–Trinajstić information content (AvgIpc) is 3.34. The second-order valence-corrected chi connectivity index (χ2v) is 7.81. The third kappa shape index (κ3) is 6.17. The summed E-state index contributed by atoms with van der Waals surface area (Å²) in [5.41, 5.74) is 1.90. The van der Waals surface area contributed by atoms with Gasteiger partial charge in [0.05, 0.1) is 7.11 Å². The molecule has 0 radical (unpaired) electrons. The molecule has 9 heteroatoms. The van der Waals surface area contributed by atoms with Gasteiger partial charge in [-0.1, -0.05) is 6.07 Å². The van der Waals surface area contributed by atoms with Gasteiger partial charge in [0.2, 0.25) is 0 Å². The first-order chi connectivity index (χ1) is 15.9. The van der Waals surface area contributed by atoms with E-state index in [1.54, 1.807) is 41.7 Å². The summed E-state index contributed by atoms with van der Waals surface area (Å²) in [4.78, 5) is 43.0. The largest absolute Gasteiger partial charge is 0.497 e. The van der Waals surface area contributed by atoms with Crippen LogP contribution in [0.1, 0.15) is 34.7 Å². The molecule has 3 aromatic rings. The standard InChI is InChI=1S/C24H25N3O5S/c1-4-27(5-2)23(29)17-7-6-8-18(13-17)25-21(28)14-32-24(30)20-15-33-22(26-20)16-9-11-19(31-3)12-10-16/h6-13,15H,4-5,14H2,1-3H3,(H,25,28). The fourth-order valence-corrected chi connectivity index (χ4v) is 3.85. The summed E-state index contributed by atoms with van der Waals surface area (Å²) in [5.74, 6) is -0.587. The Labute approximate surface area is 196 Å². The summed E-state index contributed by atoms with van der Waals surface area (Å²) < 4.78 is 10.2. The molecule has 1 aromatic heterocycles. The normalized spacial score (nSPS) is 10.4. The van der Waals surface area contributed by atoms with Gasteiger partial charge in [0.15, 0.2) is 12.3 Å². The Morgan fingerprint density at radius 2 is 1.79 bits per heavy atom. The van der Waals surface area contributed by atoms with Crippen LogP contribution in [0, 0.1) is 0 Å². The average molecular weight is 468 g/mol. The maximum Gasteiger partial charge on any atom is 0.358 e. The van der Waals surface area contributed by atoms with E-state index in [4.69, 9.17) is 9.47 Å². The van der Waals surface area contributed by atoms with E-state index in [1.807, 2.05) is 38.1 Å². The third-order valence-corrected chi connectivity index (χ3v) is 5.72. The minimum atomic E-state index is -0.688. The summed E-state index contributed by atoms with van der Waals surface area (Å²) in [6, 6.07) is 14.0. The number of methoxy groups -OCH3 is 1. The highest BCUT2D eigenvalue weighted by Gasteiger charge is 2.16. The van der Waals surface area contributed by atoms with Gasteiger partial charge in [-0.15, -0.1) is 11.3 Å². The Hall–Kier alpha value is -3.72. The maximum absolute atomic E-state index is 12.5. The number of anilines is 1. The first-order valence-corrected chi connectivity index (χ1v) is 11.3. The molecule has 0 atom stereocenters. The molecule has 0 aliphatic rings. The minimum Gasteiger partial charge on any atom is -0.497 e. The third-order valence-electron chi connectivity index (χ3n) is 4.83. The minimum absolute atomic E-state index is 0.112. The van der Waals surface area contributed by atoms with Crippen LogP contribution in [0.15, 0.2) is 53.9 Å². The highest BCUT2D eigenvalue weighted by atomic mass is 32.1. The number of hydrogen-bond acceptors (Lipinski definition) is 7.